The number of phenols is 1. The lowest BCUT2D eigenvalue weighted by Crippen LogP contribution is -2.69. The highest BCUT2D eigenvalue weighted by Gasteiger charge is 2.69. The molecule has 10 nitrogen and oxygen atoms in total. The van der Waals surface area contributed by atoms with Crippen LogP contribution in [0.15, 0.2) is 24.3 Å². The predicted octanol–water partition coefficient (Wildman–Crippen LogP) is -0.0419. The van der Waals surface area contributed by atoms with Crippen LogP contribution < -0.4 is 11.1 Å². The summed E-state index contributed by atoms with van der Waals surface area (Å²) >= 11 is 1.57. The van der Waals surface area contributed by atoms with Crippen LogP contribution in [0.3, 0.4) is 0 Å². The monoisotopic (exact) mass is 389 g/mol. The van der Waals surface area contributed by atoms with E-state index in [0.29, 0.717) is 12.0 Å². The van der Waals surface area contributed by atoms with Gasteiger partial charge in [-0.05, 0) is 36.8 Å². The van der Waals surface area contributed by atoms with E-state index in [4.69, 9.17) is 5.73 Å². The number of carbonyl (C=O) groups is 2. The molecule has 27 heavy (non-hydrogen) atoms. The van der Waals surface area contributed by atoms with E-state index in [-0.39, 0.29) is 22.9 Å². The van der Waals surface area contributed by atoms with Gasteiger partial charge in [0.25, 0.3) is 0 Å². The normalized spacial score (nSPS) is 27.0. The highest BCUT2D eigenvalue weighted by atomic mass is 32.2. The summed E-state index contributed by atoms with van der Waals surface area (Å²) in [6, 6.07) is 5.08. The van der Waals surface area contributed by atoms with Crippen molar-refractivity contribution in [1.29, 1.82) is 0 Å². The van der Waals surface area contributed by atoms with Crippen LogP contribution in [0.1, 0.15) is 37.7 Å². The molecule has 142 valence electrons. The zero-order valence-electron chi connectivity index (χ0n) is 14.7. The molecule has 2 aliphatic rings. The van der Waals surface area contributed by atoms with Gasteiger partial charge in [0.05, 0.1) is 16.5 Å². The first-order valence-electron chi connectivity index (χ1n) is 8.37. The number of nitrogens with zero attached hydrogens (tertiary/aromatic N) is 4. The molecule has 2 saturated heterocycles. The molecule has 1 aromatic carbocycles. The van der Waals surface area contributed by atoms with Crippen molar-refractivity contribution in [1.82, 2.24) is 30.8 Å². The number of phenolic OH excluding ortho intramolecular Hbond substituents is 1. The maximum Gasteiger partial charge on any atom is 0.243 e. The molecule has 5 N–H and O–H groups in total. The summed E-state index contributed by atoms with van der Waals surface area (Å²) in [7, 11) is 0. The fourth-order valence-corrected chi connectivity index (χ4v) is 5.35. The van der Waals surface area contributed by atoms with Crippen molar-refractivity contribution in [2.75, 3.05) is 0 Å². The summed E-state index contributed by atoms with van der Waals surface area (Å²) in [5.74, 6) is -0.292. The predicted molar refractivity (Wildman–Crippen MR) is 96.0 cm³/mol. The maximum atomic E-state index is 13.0. The zero-order chi connectivity index (χ0) is 19.4. The second-order valence-corrected chi connectivity index (χ2v) is 8.86. The molecule has 4 rings (SSSR count). The minimum absolute atomic E-state index is 0.0730. The summed E-state index contributed by atoms with van der Waals surface area (Å²) in [6.07, 6.45) is 0.396. The molecule has 2 amide bonds. The zero-order valence-corrected chi connectivity index (χ0v) is 15.5. The van der Waals surface area contributed by atoms with Crippen molar-refractivity contribution in [2.45, 2.75) is 42.1 Å². The molecular formula is C16H19N7O3S. The van der Waals surface area contributed by atoms with Crippen molar-refractivity contribution in [2.24, 2.45) is 5.73 Å². The smallest absolute Gasteiger partial charge is 0.243 e. The van der Waals surface area contributed by atoms with Crippen molar-refractivity contribution in [3.63, 3.8) is 0 Å². The van der Waals surface area contributed by atoms with Crippen LogP contribution in [0.2, 0.25) is 0 Å². The number of carbonyl (C=O) groups excluding carboxylic acids is 2. The summed E-state index contributed by atoms with van der Waals surface area (Å²) in [5.41, 5.74) is 5.40. The molecule has 0 saturated carbocycles. The number of aromatic amines is 1. The van der Waals surface area contributed by atoms with Crippen molar-refractivity contribution in [3.8, 4) is 5.75 Å². The Hall–Kier alpha value is -2.66. The van der Waals surface area contributed by atoms with E-state index >= 15 is 0 Å². The third-order valence-corrected chi connectivity index (χ3v) is 6.61. The van der Waals surface area contributed by atoms with Gasteiger partial charge >= 0.3 is 0 Å². The number of aromatic nitrogens is 4. The van der Waals surface area contributed by atoms with Gasteiger partial charge in [0.1, 0.15) is 11.8 Å². The second kappa shape index (κ2) is 5.92. The summed E-state index contributed by atoms with van der Waals surface area (Å²) in [4.78, 5) is 27.0. The molecule has 2 aromatic rings. The van der Waals surface area contributed by atoms with Crippen LogP contribution in [0, 0.1) is 0 Å². The van der Waals surface area contributed by atoms with Gasteiger partial charge in [0.2, 0.25) is 17.6 Å². The van der Waals surface area contributed by atoms with Crippen molar-refractivity contribution in [3.05, 3.63) is 35.7 Å². The Kier molecular flexibility index (Phi) is 3.89. The van der Waals surface area contributed by atoms with Crippen LogP contribution >= 0.6 is 11.8 Å². The number of hydrogen-bond acceptors (Lipinski definition) is 8. The SMILES string of the molecule is CC1(C)S[C@@H]2CC(=O)N2C1(NC(=O)[C@H](N)c1ccc(O)cc1)c1nn[nH]n1. The fraction of sp³-hybridized carbons (Fsp3) is 0.438. The quantitative estimate of drug-likeness (QED) is 0.532. The highest BCUT2D eigenvalue weighted by Crippen LogP contribution is 2.59. The van der Waals surface area contributed by atoms with Gasteiger partial charge in [-0.15, -0.1) is 22.0 Å². The summed E-state index contributed by atoms with van der Waals surface area (Å²) < 4.78 is -0.613. The number of nitrogens with one attached hydrogen (secondary N) is 2. The van der Waals surface area contributed by atoms with Crippen LogP contribution in [0.4, 0.5) is 0 Å². The lowest BCUT2D eigenvalue weighted by molar-refractivity contribution is -0.157. The molecule has 0 bridgehead atoms. The van der Waals surface area contributed by atoms with Gasteiger partial charge in [-0.2, -0.15) is 5.21 Å². The Morgan fingerprint density at radius 3 is 2.74 bits per heavy atom. The molecule has 0 spiro atoms. The first kappa shape index (κ1) is 17.7. The molecular weight excluding hydrogens is 370 g/mol. The Bertz CT molecular complexity index is 886. The average molecular weight is 389 g/mol. The molecule has 0 radical (unpaired) electrons. The Balaban J connectivity index is 1.72. The van der Waals surface area contributed by atoms with Gasteiger partial charge in [-0.3, -0.25) is 14.5 Å². The molecule has 2 fully saturated rings. The number of benzene rings is 1. The average Bonchev–Trinajstić information content (AvgIpc) is 3.19. The second-order valence-electron chi connectivity index (χ2n) is 7.05. The van der Waals surface area contributed by atoms with E-state index in [1.54, 1.807) is 28.8 Å². The van der Waals surface area contributed by atoms with Crippen LogP contribution in [-0.4, -0.2) is 52.6 Å². The van der Waals surface area contributed by atoms with E-state index in [1.807, 2.05) is 13.8 Å². The minimum atomic E-state index is -1.27. The molecule has 1 aromatic heterocycles. The first-order chi connectivity index (χ1) is 12.8. The number of tetrazole rings is 1. The number of nitrogens with two attached hydrogens (primary N) is 1. The topological polar surface area (TPSA) is 150 Å². The number of β-lactam (4-membered cyclic amide) rings is 1. The Morgan fingerprint density at radius 1 is 1.44 bits per heavy atom. The molecule has 3 heterocycles. The molecule has 2 aliphatic heterocycles. The minimum Gasteiger partial charge on any atom is -0.508 e. The standard InChI is InChI=1S/C16H19N7O3S/c1-15(2)16(14-19-21-22-20-14,23-10(25)7-11(23)27-15)18-13(26)12(17)8-3-5-9(24)6-4-8/h3-6,11-12,24H,7,17H2,1-2H3,(H,18,26)(H,19,20,21,22)/t11-,12-,16?/m1/s1. The lowest BCUT2D eigenvalue weighted by Gasteiger charge is -2.47. The highest BCUT2D eigenvalue weighted by molar-refractivity contribution is 8.01. The number of rotatable bonds is 4. The van der Waals surface area contributed by atoms with Gasteiger partial charge < -0.3 is 16.2 Å². The maximum absolute atomic E-state index is 13.0. The van der Waals surface area contributed by atoms with E-state index in [1.165, 1.54) is 12.1 Å². The molecule has 11 heteroatoms. The van der Waals surface area contributed by atoms with E-state index < -0.39 is 22.4 Å². The number of amides is 2. The van der Waals surface area contributed by atoms with Gasteiger partial charge in [-0.25, -0.2) is 0 Å². The Labute approximate surface area is 158 Å². The number of aromatic hydroxyl groups is 1. The van der Waals surface area contributed by atoms with Crippen LogP contribution in [-0.2, 0) is 15.3 Å². The summed E-state index contributed by atoms with van der Waals surface area (Å²) in [5, 5.41) is 26.4. The van der Waals surface area contributed by atoms with Gasteiger partial charge in [-0.1, -0.05) is 12.1 Å². The molecule has 1 unspecified atom stereocenters. The van der Waals surface area contributed by atoms with E-state index in [2.05, 4.69) is 25.9 Å². The van der Waals surface area contributed by atoms with Crippen molar-refractivity contribution < 1.29 is 14.7 Å². The summed E-state index contributed by atoms with van der Waals surface area (Å²) in [6.45, 7) is 3.85. The third-order valence-electron chi connectivity index (χ3n) is 5.08. The first-order valence-corrected chi connectivity index (χ1v) is 9.25. The Morgan fingerprint density at radius 2 is 2.15 bits per heavy atom. The number of H-pyrrole nitrogens is 1. The largest absolute Gasteiger partial charge is 0.508 e. The number of hydrogen-bond donors (Lipinski definition) is 4. The number of fused-ring (bicyclic) bond motifs is 1. The number of thioether (sulfide) groups is 1. The van der Waals surface area contributed by atoms with Crippen molar-refractivity contribution >= 4 is 23.6 Å². The molecule has 3 atom stereocenters. The van der Waals surface area contributed by atoms with E-state index in [9.17, 15) is 14.7 Å². The fourth-order valence-electron chi connectivity index (χ4n) is 3.65. The lowest BCUT2D eigenvalue weighted by atomic mass is 9.88. The van der Waals surface area contributed by atoms with Crippen LogP contribution in [0.5, 0.6) is 5.75 Å². The molecule has 0 aliphatic carbocycles. The van der Waals surface area contributed by atoms with Gasteiger partial charge in [0, 0.05) is 0 Å². The van der Waals surface area contributed by atoms with Crippen LogP contribution in [0.25, 0.3) is 0 Å². The van der Waals surface area contributed by atoms with E-state index in [0.717, 1.165) is 0 Å². The van der Waals surface area contributed by atoms with Gasteiger partial charge in [0.15, 0.2) is 5.66 Å². The third kappa shape index (κ3) is 2.49.